The Hall–Kier alpha value is -3.35. The van der Waals surface area contributed by atoms with Gasteiger partial charge in [0.05, 0.1) is 16.6 Å². The van der Waals surface area contributed by atoms with Gasteiger partial charge in [0.1, 0.15) is 11.3 Å². The number of rotatable bonds is 4. The highest BCUT2D eigenvalue weighted by Crippen LogP contribution is 2.38. The van der Waals surface area contributed by atoms with Crippen molar-refractivity contribution in [3.05, 3.63) is 71.1 Å². The third-order valence-electron chi connectivity index (χ3n) is 5.34. The van der Waals surface area contributed by atoms with E-state index in [0.29, 0.717) is 27.6 Å². The summed E-state index contributed by atoms with van der Waals surface area (Å²) in [5.74, 6) is -1.84. The Kier molecular flexibility index (Phi) is 6.14. The second-order valence-electron chi connectivity index (χ2n) is 7.62. The van der Waals surface area contributed by atoms with Crippen LogP contribution in [-0.2, 0) is 12.5 Å². The first kappa shape index (κ1) is 23.8. The quantitative estimate of drug-likeness (QED) is 0.228. The van der Waals surface area contributed by atoms with Gasteiger partial charge in [-0.1, -0.05) is 15.3 Å². The summed E-state index contributed by atoms with van der Waals surface area (Å²) >= 11 is 0. The molecular formula is C22H21F2N7OP2. The van der Waals surface area contributed by atoms with E-state index >= 15 is 8.78 Å². The lowest BCUT2D eigenvalue weighted by molar-refractivity contribution is 0.0964. The fraction of sp³-hybridized carbons (Fsp3) is 0.136. The monoisotopic (exact) mass is 499 g/mol. The molecule has 0 aliphatic carbocycles. The van der Waals surface area contributed by atoms with E-state index in [-0.39, 0.29) is 22.3 Å². The molecule has 3 N–H and O–H groups in total. The first-order valence-electron chi connectivity index (χ1n) is 10.0. The Balaban J connectivity index is 1.77. The van der Waals surface area contributed by atoms with Crippen LogP contribution >= 0.6 is 18.5 Å². The maximum atomic E-state index is 15.9. The molecule has 12 heteroatoms. The maximum Gasteiger partial charge on any atom is 0.251 e. The second kappa shape index (κ2) is 8.78. The van der Waals surface area contributed by atoms with Crippen molar-refractivity contribution in [1.82, 2.24) is 24.9 Å². The smallest absolute Gasteiger partial charge is 0.251 e. The molecule has 174 valence electrons. The first-order chi connectivity index (χ1) is 16.0. The van der Waals surface area contributed by atoms with Gasteiger partial charge in [-0.05, 0) is 41.7 Å². The number of benzene rings is 2. The molecule has 34 heavy (non-hydrogen) atoms. The number of aromatic nitrogens is 4. The zero-order chi connectivity index (χ0) is 24.8. The third-order valence-corrected chi connectivity index (χ3v) is 6.40. The Bertz CT molecular complexity index is 1530. The van der Waals surface area contributed by atoms with Crippen molar-refractivity contribution in [2.24, 2.45) is 7.05 Å². The van der Waals surface area contributed by atoms with E-state index in [1.165, 1.54) is 36.1 Å². The SMILES string of the molecule is CNC(=O)c1ccc(-c2ccc(=N)n(C(=N)C(F)(P)c3ccc4nn(C)cc4c3F)n2)cc1P. The fourth-order valence-corrected chi connectivity index (χ4v) is 4.30. The van der Waals surface area contributed by atoms with Gasteiger partial charge in [-0.3, -0.25) is 20.3 Å². The number of nitrogens with one attached hydrogen (secondary N) is 3. The molecule has 3 unspecified atom stereocenters. The molecule has 1 amide bonds. The molecule has 0 aliphatic heterocycles. The predicted octanol–water partition coefficient (Wildman–Crippen LogP) is 2.44. The van der Waals surface area contributed by atoms with Crippen molar-refractivity contribution >= 4 is 46.4 Å². The minimum absolute atomic E-state index is 0.124. The molecule has 2 aromatic carbocycles. The van der Waals surface area contributed by atoms with Crippen LogP contribution in [0.2, 0.25) is 0 Å². The van der Waals surface area contributed by atoms with E-state index in [9.17, 15) is 4.79 Å². The van der Waals surface area contributed by atoms with Crippen molar-refractivity contribution in [3.63, 3.8) is 0 Å². The molecule has 2 heterocycles. The van der Waals surface area contributed by atoms with E-state index in [0.717, 1.165) is 4.68 Å². The fourth-order valence-electron chi connectivity index (χ4n) is 3.55. The van der Waals surface area contributed by atoms with E-state index in [4.69, 9.17) is 10.8 Å². The Morgan fingerprint density at radius 1 is 1.18 bits per heavy atom. The van der Waals surface area contributed by atoms with Gasteiger partial charge >= 0.3 is 0 Å². The summed E-state index contributed by atoms with van der Waals surface area (Å²) in [4.78, 5) is 11.9. The third kappa shape index (κ3) is 4.04. The summed E-state index contributed by atoms with van der Waals surface area (Å²) in [7, 11) is 7.49. The van der Waals surface area contributed by atoms with Gasteiger partial charge < -0.3 is 5.32 Å². The number of hydrogen-bond donors (Lipinski definition) is 3. The molecule has 4 rings (SSSR count). The number of carbonyl (C=O) groups is 1. The van der Waals surface area contributed by atoms with Crippen LogP contribution < -0.4 is 16.1 Å². The van der Waals surface area contributed by atoms with Crippen LogP contribution in [0.5, 0.6) is 0 Å². The number of hydrogen-bond acceptors (Lipinski definition) is 5. The zero-order valence-corrected chi connectivity index (χ0v) is 20.5. The molecule has 3 atom stereocenters. The Labute approximate surface area is 197 Å². The second-order valence-corrected chi connectivity index (χ2v) is 9.04. The average molecular weight is 499 g/mol. The molecule has 0 bridgehead atoms. The zero-order valence-electron chi connectivity index (χ0n) is 18.2. The summed E-state index contributed by atoms with van der Waals surface area (Å²) in [5, 5.41) is 25.7. The highest BCUT2D eigenvalue weighted by atomic mass is 31.0. The van der Waals surface area contributed by atoms with Gasteiger partial charge in [0, 0.05) is 37.0 Å². The standard InChI is InChI=1S/C22H21F2N7OP2/c1-27-20(32)12-4-3-11(9-17(12)33)15-7-8-18(25)31(29-15)21(26)22(24,34)14-5-6-16-13(19(14)23)10-30(2)28-16/h3-10,25-26H,33-34H2,1-2H3,(H,27,32). The van der Waals surface area contributed by atoms with Gasteiger partial charge in [0.15, 0.2) is 5.84 Å². The number of nitrogens with zero attached hydrogens (tertiary/aromatic N) is 4. The molecule has 8 nitrogen and oxygen atoms in total. The van der Waals surface area contributed by atoms with E-state index < -0.39 is 17.1 Å². The van der Waals surface area contributed by atoms with Crippen molar-refractivity contribution < 1.29 is 13.6 Å². The van der Waals surface area contributed by atoms with Crippen LogP contribution in [0.15, 0.2) is 48.7 Å². The molecule has 0 saturated carbocycles. The van der Waals surface area contributed by atoms with E-state index in [1.807, 2.05) is 9.24 Å². The van der Waals surface area contributed by atoms with Gasteiger partial charge in [-0.25, -0.2) is 8.78 Å². The van der Waals surface area contributed by atoms with Crippen LogP contribution in [0.1, 0.15) is 15.9 Å². The van der Waals surface area contributed by atoms with Gasteiger partial charge in [-0.2, -0.15) is 14.9 Å². The lowest BCUT2D eigenvalue weighted by atomic mass is 10.1. The minimum atomic E-state index is -2.67. The number of halogens is 2. The van der Waals surface area contributed by atoms with Crippen molar-refractivity contribution in [3.8, 4) is 11.3 Å². The molecule has 0 aliphatic rings. The number of fused-ring (bicyclic) bond motifs is 1. The van der Waals surface area contributed by atoms with Crippen LogP contribution in [0, 0.1) is 16.6 Å². The summed E-state index contributed by atoms with van der Waals surface area (Å²) in [6.07, 6.45) is 1.43. The molecule has 0 spiro atoms. The predicted molar refractivity (Wildman–Crippen MR) is 133 cm³/mol. The Morgan fingerprint density at radius 3 is 2.59 bits per heavy atom. The first-order valence-corrected chi connectivity index (χ1v) is 11.2. The highest BCUT2D eigenvalue weighted by molar-refractivity contribution is 7.27. The summed E-state index contributed by atoms with van der Waals surface area (Å²) < 4.78 is 33.3. The maximum absolute atomic E-state index is 15.9. The molecule has 0 saturated heterocycles. The Morgan fingerprint density at radius 2 is 1.91 bits per heavy atom. The number of aryl methyl sites for hydroxylation is 1. The molecular weight excluding hydrogens is 478 g/mol. The number of alkyl halides is 1. The van der Waals surface area contributed by atoms with Gasteiger partial charge in [-0.15, -0.1) is 9.24 Å². The molecule has 2 aromatic heterocycles. The van der Waals surface area contributed by atoms with E-state index in [2.05, 4.69) is 24.8 Å². The van der Waals surface area contributed by atoms with Crippen LogP contribution in [0.25, 0.3) is 22.2 Å². The van der Waals surface area contributed by atoms with Crippen LogP contribution in [-0.4, -0.2) is 38.4 Å². The van der Waals surface area contributed by atoms with Crippen LogP contribution in [0.3, 0.4) is 0 Å². The summed E-state index contributed by atoms with van der Waals surface area (Å²) in [6.45, 7) is 0. The largest absolute Gasteiger partial charge is 0.355 e. The molecule has 0 fully saturated rings. The highest BCUT2D eigenvalue weighted by Gasteiger charge is 2.37. The number of carbonyl (C=O) groups excluding carboxylic acids is 1. The van der Waals surface area contributed by atoms with Gasteiger partial charge in [0.25, 0.3) is 5.91 Å². The normalized spacial score (nSPS) is 13.0. The van der Waals surface area contributed by atoms with Gasteiger partial charge in [0.2, 0.25) is 5.41 Å². The lowest BCUT2D eigenvalue weighted by Gasteiger charge is -2.23. The summed E-state index contributed by atoms with van der Waals surface area (Å²) in [6, 6.07) is 10.6. The van der Waals surface area contributed by atoms with Crippen molar-refractivity contribution in [2.45, 2.75) is 5.41 Å². The average Bonchev–Trinajstić information content (AvgIpc) is 3.19. The van der Waals surface area contributed by atoms with E-state index in [1.54, 1.807) is 31.3 Å². The summed E-state index contributed by atoms with van der Waals surface area (Å²) in [5.41, 5.74) is 1.12. The number of amides is 1. The minimum Gasteiger partial charge on any atom is -0.355 e. The topological polar surface area (TPSA) is 112 Å². The lowest BCUT2D eigenvalue weighted by Crippen LogP contribution is -2.39. The molecule has 4 aromatic rings. The molecule has 0 radical (unpaired) electrons. The van der Waals surface area contributed by atoms with Crippen molar-refractivity contribution in [2.75, 3.05) is 7.05 Å². The van der Waals surface area contributed by atoms with Crippen LogP contribution in [0.4, 0.5) is 8.78 Å². The van der Waals surface area contributed by atoms with Crippen molar-refractivity contribution in [1.29, 1.82) is 10.8 Å².